The highest BCUT2D eigenvalue weighted by Crippen LogP contribution is 2.52. The van der Waals surface area contributed by atoms with Gasteiger partial charge in [-0.1, -0.05) is 115 Å². The summed E-state index contributed by atoms with van der Waals surface area (Å²) in [4.78, 5) is 4.72. The molecule has 0 saturated carbocycles. The molecule has 0 radical (unpaired) electrons. The summed E-state index contributed by atoms with van der Waals surface area (Å²) in [5.74, 6) is 0. The summed E-state index contributed by atoms with van der Waals surface area (Å²) in [5.41, 5.74) is 8.10. The number of anilines is 6. The first kappa shape index (κ1) is 29.8. The average molecular weight is 693 g/mol. The second-order valence-corrected chi connectivity index (χ2v) is 14.1. The van der Waals surface area contributed by atoms with Gasteiger partial charge in [-0.15, -0.1) is 11.3 Å². The zero-order chi connectivity index (χ0) is 33.9. The van der Waals surface area contributed by atoms with Crippen molar-refractivity contribution in [1.29, 1.82) is 0 Å². The van der Waals surface area contributed by atoms with Gasteiger partial charge in [0.1, 0.15) is 11.2 Å². The Balaban J connectivity index is 1.33. The molecular weight excluding hydrogens is 664 g/mol. The number of nitrogens with zero attached hydrogens (tertiary/aromatic N) is 2. The minimum atomic E-state index is 0.689. The smallest absolute Gasteiger partial charge is 0.137 e. The number of rotatable bonds is 6. The molecule has 0 aliphatic heterocycles. The Morgan fingerprint density at radius 3 is 1.67 bits per heavy atom. The summed E-state index contributed by atoms with van der Waals surface area (Å²) < 4.78 is 8.76. The molecule has 0 aliphatic carbocycles. The molecule has 0 fully saturated rings. The predicted octanol–water partition coefficient (Wildman–Crippen LogP) is 14.7. The van der Waals surface area contributed by atoms with Crippen LogP contribution in [0.5, 0.6) is 0 Å². The SMILES string of the molecule is Clc1cc(N(c2ccccc2)c2cccc3oc4ccccc4c23)c2c(c1)sc1c3ccccc3c(N(c3ccccc3)c3ccccc3)cc12. The molecular formula is C46H29ClN2OS. The van der Waals surface area contributed by atoms with E-state index in [1.807, 2.05) is 12.1 Å². The normalized spacial score (nSPS) is 11.6. The van der Waals surface area contributed by atoms with Crippen molar-refractivity contribution in [1.82, 2.24) is 0 Å². The zero-order valence-corrected chi connectivity index (χ0v) is 28.9. The standard InChI is InChI=1S/C46H29ClN2OS/c47-30-27-40(49(33-19-8-3-9-20-33)38-24-14-26-42-44(38)36-23-12-13-25-41(36)50-42)45-37-29-39(34-21-10-11-22-35(34)46(37)51-43(45)28-30)48(31-15-4-1-5-16-31)32-17-6-2-7-18-32/h1-29H. The number of fused-ring (bicyclic) bond motifs is 8. The highest BCUT2D eigenvalue weighted by Gasteiger charge is 2.25. The van der Waals surface area contributed by atoms with Crippen LogP contribution < -0.4 is 9.80 Å². The quantitative estimate of drug-likeness (QED) is 0.173. The van der Waals surface area contributed by atoms with Crippen LogP contribution in [0.3, 0.4) is 0 Å². The second kappa shape index (κ2) is 12.1. The van der Waals surface area contributed by atoms with Crippen LogP contribution in [0, 0.1) is 0 Å². The van der Waals surface area contributed by atoms with Gasteiger partial charge in [-0.2, -0.15) is 0 Å². The fourth-order valence-corrected chi connectivity index (χ4v) is 9.08. The molecule has 0 atom stereocenters. The molecule has 0 amide bonds. The maximum atomic E-state index is 7.08. The van der Waals surface area contributed by atoms with E-state index < -0.39 is 0 Å². The van der Waals surface area contributed by atoms with Gasteiger partial charge in [-0.05, 0) is 72.8 Å². The predicted molar refractivity (Wildman–Crippen MR) is 218 cm³/mol. The van der Waals surface area contributed by atoms with E-state index in [0.29, 0.717) is 5.02 Å². The lowest BCUT2D eigenvalue weighted by Crippen LogP contribution is -2.11. The van der Waals surface area contributed by atoms with Crippen molar-refractivity contribution in [3.8, 4) is 0 Å². The Morgan fingerprint density at radius 1 is 0.412 bits per heavy atom. The van der Waals surface area contributed by atoms with Gasteiger partial charge in [-0.25, -0.2) is 0 Å². The molecule has 8 aromatic carbocycles. The molecule has 10 aromatic rings. The summed E-state index contributed by atoms with van der Waals surface area (Å²) in [5, 5.41) is 7.56. The van der Waals surface area contributed by atoms with Crippen LogP contribution in [0.4, 0.5) is 34.1 Å². The molecule has 0 spiro atoms. The Morgan fingerprint density at radius 2 is 0.980 bits per heavy atom. The van der Waals surface area contributed by atoms with Crippen LogP contribution in [-0.2, 0) is 0 Å². The monoisotopic (exact) mass is 692 g/mol. The number of benzene rings is 8. The van der Waals surface area contributed by atoms with Gasteiger partial charge < -0.3 is 14.2 Å². The largest absolute Gasteiger partial charge is 0.456 e. The van der Waals surface area contributed by atoms with E-state index in [4.69, 9.17) is 16.0 Å². The first-order chi connectivity index (χ1) is 25.2. The molecule has 2 heterocycles. The van der Waals surface area contributed by atoms with Crippen LogP contribution in [0.2, 0.25) is 5.02 Å². The minimum Gasteiger partial charge on any atom is -0.456 e. The highest BCUT2D eigenvalue weighted by atomic mass is 35.5. The Kier molecular flexibility index (Phi) is 7.05. The Hall–Kier alpha value is -6.07. The van der Waals surface area contributed by atoms with Crippen LogP contribution in [0.1, 0.15) is 0 Å². The van der Waals surface area contributed by atoms with E-state index in [1.54, 1.807) is 11.3 Å². The molecule has 242 valence electrons. The third-order valence-corrected chi connectivity index (χ3v) is 11.1. The van der Waals surface area contributed by atoms with Crippen molar-refractivity contribution >= 4 is 110 Å². The molecule has 0 unspecified atom stereocenters. The molecule has 0 saturated heterocycles. The van der Waals surface area contributed by atoms with Crippen molar-refractivity contribution in [2.24, 2.45) is 0 Å². The Labute approximate surface area is 303 Å². The first-order valence-corrected chi connectivity index (χ1v) is 18.2. The molecule has 51 heavy (non-hydrogen) atoms. The number of hydrogen-bond donors (Lipinski definition) is 0. The van der Waals surface area contributed by atoms with Crippen LogP contribution in [0.25, 0.3) is 52.9 Å². The van der Waals surface area contributed by atoms with Crippen molar-refractivity contribution in [3.63, 3.8) is 0 Å². The van der Waals surface area contributed by atoms with E-state index in [-0.39, 0.29) is 0 Å². The van der Waals surface area contributed by atoms with E-state index in [0.717, 1.165) is 66.1 Å². The van der Waals surface area contributed by atoms with Gasteiger partial charge in [0.25, 0.3) is 0 Å². The minimum absolute atomic E-state index is 0.689. The van der Waals surface area contributed by atoms with Crippen LogP contribution in [-0.4, -0.2) is 0 Å². The average Bonchev–Trinajstić information content (AvgIpc) is 3.75. The lowest BCUT2D eigenvalue weighted by Gasteiger charge is -2.28. The van der Waals surface area contributed by atoms with E-state index in [1.165, 1.54) is 20.9 Å². The maximum Gasteiger partial charge on any atom is 0.137 e. The van der Waals surface area contributed by atoms with Crippen molar-refractivity contribution in [2.75, 3.05) is 9.80 Å². The number of hydrogen-bond acceptors (Lipinski definition) is 4. The Bertz CT molecular complexity index is 2840. The molecule has 5 heteroatoms. The number of para-hydroxylation sites is 4. The second-order valence-electron chi connectivity index (χ2n) is 12.6. The molecule has 0 bridgehead atoms. The van der Waals surface area contributed by atoms with Gasteiger partial charge in [0.05, 0.1) is 22.4 Å². The fraction of sp³-hybridized carbons (Fsp3) is 0. The molecule has 10 rings (SSSR count). The van der Waals surface area contributed by atoms with Gasteiger partial charge in [-0.3, -0.25) is 0 Å². The topological polar surface area (TPSA) is 19.6 Å². The van der Waals surface area contributed by atoms with Crippen molar-refractivity contribution in [2.45, 2.75) is 0 Å². The number of furan rings is 1. The molecule has 2 aromatic heterocycles. The van der Waals surface area contributed by atoms with E-state index in [2.05, 4.69) is 174 Å². The highest BCUT2D eigenvalue weighted by molar-refractivity contribution is 7.26. The summed E-state index contributed by atoms with van der Waals surface area (Å²) >= 11 is 8.87. The lowest BCUT2D eigenvalue weighted by atomic mass is 10.0. The first-order valence-electron chi connectivity index (χ1n) is 17.0. The van der Waals surface area contributed by atoms with Gasteiger partial charge in [0.15, 0.2) is 0 Å². The molecule has 0 N–H and O–H groups in total. The number of thiophene rings is 1. The lowest BCUT2D eigenvalue weighted by molar-refractivity contribution is 0.669. The summed E-state index contributed by atoms with van der Waals surface area (Å²) in [6, 6.07) is 61.8. The summed E-state index contributed by atoms with van der Waals surface area (Å²) in [7, 11) is 0. The molecule has 0 aliphatic rings. The van der Waals surface area contributed by atoms with Crippen molar-refractivity contribution in [3.05, 3.63) is 181 Å². The van der Waals surface area contributed by atoms with Gasteiger partial charge >= 0.3 is 0 Å². The summed E-state index contributed by atoms with van der Waals surface area (Å²) in [6.45, 7) is 0. The molecule has 3 nitrogen and oxygen atoms in total. The third kappa shape index (κ3) is 4.87. The van der Waals surface area contributed by atoms with E-state index in [9.17, 15) is 0 Å². The van der Waals surface area contributed by atoms with Gasteiger partial charge in [0.2, 0.25) is 0 Å². The van der Waals surface area contributed by atoms with Crippen LogP contribution in [0.15, 0.2) is 180 Å². The zero-order valence-electron chi connectivity index (χ0n) is 27.3. The van der Waals surface area contributed by atoms with E-state index >= 15 is 0 Å². The summed E-state index contributed by atoms with van der Waals surface area (Å²) in [6.07, 6.45) is 0. The van der Waals surface area contributed by atoms with Crippen LogP contribution >= 0.6 is 22.9 Å². The number of halogens is 1. The van der Waals surface area contributed by atoms with Crippen molar-refractivity contribution < 1.29 is 4.42 Å². The third-order valence-electron chi connectivity index (χ3n) is 9.65. The maximum absolute atomic E-state index is 7.08. The van der Waals surface area contributed by atoms with Gasteiger partial charge in [0, 0.05) is 58.4 Å². The fourth-order valence-electron chi connectivity index (χ4n) is 7.52.